The highest BCUT2D eigenvalue weighted by Crippen LogP contribution is 2.35. The lowest BCUT2D eigenvalue weighted by Crippen LogP contribution is -2.21. The second-order valence-corrected chi connectivity index (χ2v) is 10.3. The van der Waals surface area contributed by atoms with E-state index in [9.17, 15) is 22.8 Å². The second kappa shape index (κ2) is 11.0. The molecule has 0 aliphatic heterocycles. The molecule has 0 aliphatic carbocycles. The SMILES string of the molecule is COc1ccccc1Oc1ccccc1NC(=O)CC(=O)Nc1nc(CC(=O)O)c(S(C)(=O)=O)s1. The summed E-state index contributed by atoms with van der Waals surface area (Å²) in [4.78, 5) is 39.7. The number of amides is 2. The summed E-state index contributed by atoms with van der Waals surface area (Å²) < 4.78 is 34.7. The average molecular weight is 520 g/mol. The van der Waals surface area contributed by atoms with Gasteiger partial charge in [-0.15, -0.1) is 0 Å². The van der Waals surface area contributed by atoms with E-state index in [1.807, 2.05) is 0 Å². The first-order valence-electron chi connectivity index (χ1n) is 9.98. The summed E-state index contributed by atoms with van der Waals surface area (Å²) >= 11 is 0.617. The van der Waals surface area contributed by atoms with Crippen LogP contribution >= 0.6 is 11.3 Å². The van der Waals surface area contributed by atoms with Gasteiger partial charge in [0.2, 0.25) is 11.8 Å². The fourth-order valence-corrected chi connectivity index (χ4v) is 5.04. The minimum absolute atomic E-state index is 0.126. The van der Waals surface area contributed by atoms with Gasteiger partial charge in [0.1, 0.15) is 10.6 Å². The van der Waals surface area contributed by atoms with Crippen molar-refractivity contribution in [3.05, 3.63) is 54.2 Å². The highest BCUT2D eigenvalue weighted by molar-refractivity contribution is 7.92. The lowest BCUT2D eigenvalue weighted by Gasteiger charge is -2.14. The van der Waals surface area contributed by atoms with Crippen molar-refractivity contribution in [1.82, 2.24) is 4.98 Å². The molecular formula is C22H21N3O8S2. The van der Waals surface area contributed by atoms with Crippen molar-refractivity contribution in [2.75, 3.05) is 24.0 Å². The number of carboxylic acid groups (broad SMARTS) is 1. The highest BCUT2D eigenvalue weighted by Gasteiger charge is 2.23. The number of hydrogen-bond donors (Lipinski definition) is 3. The Balaban J connectivity index is 1.68. The third-order valence-corrected chi connectivity index (χ3v) is 7.21. The van der Waals surface area contributed by atoms with Crippen molar-refractivity contribution in [2.24, 2.45) is 0 Å². The molecule has 0 saturated heterocycles. The van der Waals surface area contributed by atoms with Gasteiger partial charge in [-0.3, -0.25) is 14.4 Å². The number of rotatable bonds is 10. The number of nitrogens with zero attached hydrogens (tertiary/aromatic N) is 1. The normalized spacial score (nSPS) is 10.9. The molecule has 0 atom stereocenters. The Morgan fingerprint density at radius 3 is 2.20 bits per heavy atom. The molecule has 184 valence electrons. The molecule has 0 spiro atoms. The van der Waals surface area contributed by atoms with Gasteiger partial charge in [0.15, 0.2) is 32.2 Å². The summed E-state index contributed by atoms with van der Waals surface area (Å²) in [5.41, 5.74) is 0.126. The van der Waals surface area contributed by atoms with Crippen LogP contribution in [0.5, 0.6) is 17.2 Å². The Labute approximate surface area is 204 Å². The Morgan fingerprint density at radius 2 is 1.57 bits per heavy atom. The Kier molecular flexibility index (Phi) is 8.04. The largest absolute Gasteiger partial charge is 0.493 e. The van der Waals surface area contributed by atoms with E-state index in [0.29, 0.717) is 34.3 Å². The van der Waals surface area contributed by atoms with Crippen molar-refractivity contribution in [3.63, 3.8) is 0 Å². The van der Waals surface area contributed by atoms with E-state index in [1.165, 1.54) is 7.11 Å². The van der Waals surface area contributed by atoms with Crippen molar-refractivity contribution >= 4 is 49.8 Å². The fourth-order valence-electron chi connectivity index (χ4n) is 2.92. The van der Waals surface area contributed by atoms with Gasteiger partial charge >= 0.3 is 5.97 Å². The lowest BCUT2D eigenvalue weighted by atomic mass is 10.2. The molecule has 0 fully saturated rings. The molecule has 11 nitrogen and oxygen atoms in total. The van der Waals surface area contributed by atoms with Crippen molar-refractivity contribution in [1.29, 1.82) is 0 Å². The van der Waals surface area contributed by atoms with Crippen LogP contribution in [0.3, 0.4) is 0 Å². The third-order valence-electron chi connectivity index (χ3n) is 4.33. The minimum Gasteiger partial charge on any atom is -0.493 e. The van der Waals surface area contributed by atoms with E-state index in [4.69, 9.17) is 14.6 Å². The number of benzene rings is 2. The first-order chi connectivity index (χ1) is 16.6. The molecule has 0 aliphatic rings. The van der Waals surface area contributed by atoms with E-state index in [-0.39, 0.29) is 15.0 Å². The number of ether oxygens (including phenoxy) is 2. The molecule has 2 amide bonds. The van der Waals surface area contributed by atoms with Gasteiger partial charge in [-0.2, -0.15) is 0 Å². The molecular weight excluding hydrogens is 498 g/mol. The van der Waals surface area contributed by atoms with Crippen LogP contribution in [0.1, 0.15) is 12.1 Å². The van der Waals surface area contributed by atoms with Crippen LogP contribution in [0.4, 0.5) is 10.8 Å². The van der Waals surface area contributed by atoms with Gasteiger partial charge in [0.25, 0.3) is 0 Å². The number of aromatic nitrogens is 1. The quantitative estimate of drug-likeness (QED) is 0.342. The molecule has 35 heavy (non-hydrogen) atoms. The molecule has 2 aromatic carbocycles. The molecule has 3 aromatic rings. The number of anilines is 2. The number of aliphatic carboxylic acids is 1. The Morgan fingerprint density at radius 1 is 0.971 bits per heavy atom. The fraction of sp³-hybridized carbons (Fsp3) is 0.182. The zero-order valence-corrected chi connectivity index (χ0v) is 20.2. The van der Waals surface area contributed by atoms with Crippen LogP contribution in [-0.4, -0.2) is 49.7 Å². The number of carbonyl (C=O) groups excluding carboxylic acids is 2. The molecule has 0 bridgehead atoms. The van der Waals surface area contributed by atoms with E-state index in [2.05, 4.69) is 15.6 Å². The van der Waals surface area contributed by atoms with Crippen molar-refractivity contribution in [2.45, 2.75) is 17.1 Å². The summed E-state index contributed by atoms with van der Waals surface area (Å²) in [7, 11) is -2.25. The van der Waals surface area contributed by atoms with E-state index in [0.717, 1.165) is 6.26 Å². The smallest absolute Gasteiger partial charge is 0.309 e. The molecule has 0 unspecified atom stereocenters. The zero-order valence-electron chi connectivity index (χ0n) is 18.6. The topological polar surface area (TPSA) is 161 Å². The molecule has 0 radical (unpaired) electrons. The summed E-state index contributed by atoms with van der Waals surface area (Å²) in [5.74, 6) is -1.46. The summed E-state index contributed by atoms with van der Waals surface area (Å²) in [6.45, 7) is 0. The summed E-state index contributed by atoms with van der Waals surface area (Å²) in [6, 6.07) is 13.6. The van der Waals surface area contributed by atoms with Gasteiger partial charge in [0.05, 0.1) is 24.9 Å². The number of para-hydroxylation sites is 4. The summed E-state index contributed by atoms with van der Waals surface area (Å²) in [5, 5.41) is 13.8. The van der Waals surface area contributed by atoms with E-state index >= 15 is 0 Å². The Hall–Kier alpha value is -3.97. The van der Waals surface area contributed by atoms with Crippen LogP contribution in [0.15, 0.2) is 52.7 Å². The monoisotopic (exact) mass is 519 g/mol. The molecule has 0 saturated carbocycles. The number of carbonyl (C=O) groups is 3. The maximum absolute atomic E-state index is 12.5. The Bertz CT molecular complexity index is 1370. The standard InChI is InChI=1S/C22H21N3O8S2/c1-32-16-9-5-6-10-17(16)33-15-8-4-3-7-13(15)23-18(26)12-19(27)25-22-24-14(11-20(28)29)21(34-22)35(2,30)31/h3-10H,11-12H2,1-2H3,(H,23,26)(H,28,29)(H,24,25,27). The van der Waals surface area contributed by atoms with Gasteiger partial charge in [-0.25, -0.2) is 13.4 Å². The number of nitrogens with one attached hydrogen (secondary N) is 2. The number of sulfone groups is 1. The predicted molar refractivity (Wildman–Crippen MR) is 128 cm³/mol. The van der Waals surface area contributed by atoms with Crippen molar-refractivity contribution in [3.8, 4) is 17.2 Å². The first-order valence-corrected chi connectivity index (χ1v) is 12.7. The van der Waals surface area contributed by atoms with E-state index in [1.54, 1.807) is 48.5 Å². The molecule has 3 rings (SSSR count). The van der Waals surface area contributed by atoms with Crippen LogP contribution in [-0.2, 0) is 30.6 Å². The molecule has 3 N–H and O–H groups in total. The zero-order chi connectivity index (χ0) is 25.6. The maximum Gasteiger partial charge on any atom is 0.309 e. The highest BCUT2D eigenvalue weighted by atomic mass is 32.2. The van der Waals surface area contributed by atoms with Gasteiger partial charge < -0.3 is 25.2 Å². The average Bonchev–Trinajstić information content (AvgIpc) is 3.17. The molecule has 1 heterocycles. The van der Waals surface area contributed by atoms with Crippen molar-refractivity contribution < 1.29 is 37.4 Å². The number of carboxylic acids is 1. The molecule has 1 aromatic heterocycles. The van der Waals surface area contributed by atoms with Crippen LogP contribution < -0.4 is 20.1 Å². The number of thiazole rings is 1. The second-order valence-electron chi connectivity index (χ2n) is 7.12. The van der Waals surface area contributed by atoms with Gasteiger partial charge in [0, 0.05) is 6.26 Å². The molecule has 13 heteroatoms. The van der Waals surface area contributed by atoms with Crippen LogP contribution in [0, 0.1) is 0 Å². The lowest BCUT2D eigenvalue weighted by molar-refractivity contribution is -0.136. The van der Waals surface area contributed by atoms with E-state index < -0.39 is 40.5 Å². The van der Waals surface area contributed by atoms with Crippen LogP contribution in [0.25, 0.3) is 0 Å². The minimum atomic E-state index is -3.75. The third kappa shape index (κ3) is 7.01. The van der Waals surface area contributed by atoms with Gasteiger partial charge in [-0.1, -0.05) is 35.6 Å². The van der Waals surface area contributed by atoms with Gasteiger partial charge in [-0.05, 0) is 24.3 Å². The first kappa shape index (κ1) is 25.6. The number of methoxy groups -OCH3 is 1. The maximum atomic E-state index is 12.5. The van der Waals surface area contributed by atoms with Crippen LogP contribution in [0.2, 0.25) is 0 Å². The number of hydrogen-bond acceptors (Lipinski definition) is 9. The summed E-state index contributed by atoms with van der Waals surface area (Å²) in [6.07, 6.45) is -0.321. The predicted octanol–water partition coefficient (Wildman–Crippen LogP) is 2.94.